The number of halogens is 2. The number of amides is 1. The zero-order valence-corrected chi connectivity index (χ0v) is 21.3. The summed E-state index contributed by atoms with van der Waals surface area (Å²) in [6.45, 7) is 8.83. The van der Waals surface area contributed by atoms with Crippen LogP contribution in [0.3, 0.4) is 0 Å². The van der Waals surface area contributed by atoms with Crippen molar-refractivity contribution in [2.75, 3.05) is 50.9 Å². The van der Waals surface area contributed by atoms with Crippen LogP contribution in [-0.4, -0.2) is 61.8 Å². The summed E-state index contributed by atoms with van der Waals surface area (Å²) < 4.78 is 12.3. The zero-order chi connectivity index (χ0) is 22.5. The van der Waals surface area contributed by atoms with E-state index in [1.54, 1.807) is 4.90 Å². The lowest BCUT2D eigenvalue weighted by Gasteiger charge is -2.27. The van der Waals surface area contributed by atoms with Crippen molar-refractivity contribution in [2.24, 2.45) is 0 Å². The van der Waals surface area contributed by atoms with Gasteiger partial charge in [0.1, 0.15) is 5.75 Å². The Morgan fingerprint density at radius 3 is 2.79 bits per heavy atom. The molecule has 33 heavy (non-hydrogen) atoms. The molecule has 0 N–H and O–H groups in total. The third kappa shape index (κ3) is 6.58. The van der Waals surface area contributed by atoms with Gasteiger partial charge >= 0.3 is 0 Å². The molecule has 1 aliphatic rings. The SMILES string of the molecule is Cc1cccc(OCC(=O)N(CCCN2CCOCC2)c2nc3c(C)c(Cl)ccc3s2)c1.Cl. The van der Waals surface area contributed by atoms with Crippen LogP contribution in [0.15, 0.2) is 36.4 Å². The monoisotopic (exact) mass is 509 g/mol. The van der Waals surface area contributed by atoms with Crippen LogP contribution in [0, 0.1) is 13.8 Å². The van der Waals surface area contributed by atoms with Gasteiger partial charge in [-0.1, -0.05) is 35.1 Å². The number of rotatable bonds is 8. The Balaban J connectivity index is 0.00000306. The van der Waals surface area contributed by atoms with E-state index in [2.05, 4.69) is 4.90 Å². The second kappa shape index (κ2) is 12.0. The lowest BCUT2D eigenvalue weighted by Crippen LogP contribution is -2.40. The summed E-state index contributed by atoms with van der Waals surface area (Å²) in [7, 11) is 0. The summed E-state index contributed by atoms with van der Waals surface area (Å²) in [5.41, 5.74) is 2.88. The Labute approximate surface area is 209 Å². The molecule has 0 bridgehead atoms. The summed E-state index contributed by atoms with van der Waals surface area (Å²) >= 11 is 7.80. The highest BCUT2D eigenvalue weighted by Crippen LogP contribution is 2.33. The lowest BCUT2D eigenvalue weighted by molar-refractivity contribution is -0.120. The number of carbonyl (C=O) groups is 1. The molecule has 1 amide bonds. The molecule has 3 aromatic rings. The number of hydrogen-bond acceptors (Lipinski definition) is 6. The molecular formula is C24H29Cl2N3O3S. The van der Waals surface area contributed by atoms with Gasteiger partial charge in [-0.3, -0.25) is 14.6 Å². The number of hydrogen-bond donors (Lipinski definition) is 0. The second-order valence-electron chi connectivity index (χ2n) is 7.97. The predicted molar refractivity (Wildman–Crippen MR) is 138 cm³/mol. The number of ether oxygens (including phenoxy) is 2. The molecule has 4 rings (SSSR count). The molecule has 1 fully saturated rings. The van der Waals surface area contributed by atoms with Crippen molar-refractivity contribution in [1.29, 1.82) is 0 Å². The van der Waals surface area contributed by atoms with Crippen molar-refractivity contribution in [3.05, 3.63) is 52.5 Å². The average molecular weight is 510 g/mol. The summed E-state index contributed by atoms with van der Waals surface area (Å²) in [6, 6.07) is 11.6. The van der Waals surface area contributed by atoms with Crippen molar-refractivity contribution in [3.63, 3.8) is 0 Å². The molecule has 6 nitrogen and oxygen atoms in total. The number of benzene rings is 2. The van der Waals surface area contributed by atoms with Crippen LogP contribution in [0.25, 0.3) is 10.2 Å². The fraction of sp³-hybridized carbons (Fsp3) is 0.417. The summed E-state index contributed by atoms with van der Waals surface area (Å²) in [5.74, 6) is 0.592. The highest BCUT2D eigenvalue weighted by molar-refractivity contribution is 7.22. The standard InChI is InChI=1S/C24H28ClN3O3S.ClH/c1-17-5-3-6-19(15-17)31-16-22(29)28(10-4-9-27-11-13-30-14-12-27)24-26-23-18(2)20(25)7-8-21(23)32-24;/h3,5-8,15H,4,9-14,16H2,1-2H3;1H. The van der Waals surface area contributed by atoms with E-state index in [-0.39, 0.29) is 24.9 Å². The molecule has 0 spiro atoms. The third-order valence-electron chi connectivity index (χ3n) is 5.58. The number of morpholine rings is 1. The molecule has 0 saturated carbocycles. The van der Waals surface area contributed by atoms with Crippen LogP contribution in [0.5, 0.6) is 5.75 Å². The summed E-state index contributed by atoms with van der Waals surface area (Å²) in [5, 5.41) is 1.37. The first-order valence-electron chi connectivity index (χ1n) is 10.9. The van der Waals surface area contributed by atoms with Gasteiger partial charge in [0, 0.05) is 31.2 Å². The molecule has 0 aliphatic carbocycles. The first-order valence-corrected chi connectivity index (χ1v) is 12.1. The van der Waals surface area contributed by atoms with Crippen molar-refractivity contribution < 1.29 is 14.3 Å². The number of nitrogens with zero attached hydrogens (tertiary/aromatic N) is 3. The van der Waals surface area contributed by atoms with Gasteiger partial charge in [-0.25, -0.2) is 4.98 Å². The van der Waals surface area contributed by atoms with Gasteiger partial charge in [-0.15, -0.1) is 12.4 Å². The van der Waals surface area contributed by atoms with Crippen LogP contribution < -0.4 is 9.64 Å². The number of fused-ring (bicyclic) bond motifs is 1. The molecule has 0 unspecified atom stereocenters. The normalized spacial score (nSPS) is 14.2. The smallest absolute Gasteiger partial charge is 0.266 e. The van der Waals surface area contributed by atoms with Gasteiger partial charge < -0.3 is 9.47 Å². The van der Waals surface area contributed by atoms with E-state index in [9.17, 15) is 4.79 Å². The maximum absolute atomic E-state index is 13.2. The van der Waals surface area contributed by atoms with Gasteiger partial charge in [-0.05, 0) is 55.7 Å². The molecule has 0 radical (unpaired) electrons. The molecule has 0 atom stereocenters. The van der Waals surface area contributed by atoms with E-state index >= 15 is 0 Å². The molecule has 178 valence electrons. The van der Waals surface area contributed by atoms with Crippen LogP contribution in [-0.2, 0) is 9.53 Å². The molecule has 1 saturated heterocycles. The van der Waals surface area contributed by atoms with Gasteiger partial charge in [0.25, 0.3) is 5.91 Å². The third-order valence-corrected chi connectivity index (χ3v) is 7.03. The van der Waals surface area contributed by atoms with Crippen molar-refractivity contribution in [3.8, 4) is 5.75 Å². The van der Waals surface area contributed by atoms with Crippen molar-refractivity contribution >= 4 is 56.6 Å². The molecular weight excluding hydrogens is 481 g/mol. The van der Waals surface area contributed by atoms with Gasteiger partial charge in [0.2, 0.25) is 0 Å². The van der Waals surface area contributed by atoms with Gasteiger partial charge in [0.15, 0.2) is 11.7 Å². The van der Waals surface area contributed by atoms with Crippen molar-refractivity contribution in [2.45, 2.75) is 20.3 Å². The average Bonchev–Trinajstić information content (AvgIpc) is 3.23. The van der Waals surface area contributed by atoms with Crippen LogP contribution in [0.1, 0.15) is 17.5 Å². The minimum absolute atomic E-state index is 0. The second-order valence-corrected chi connectivity index (χ2v) is 9.39. The minimum atomic E-state index is -0.101. The quantitative estimate of drug-likeness (QED) is 0.421. The molecule has 1 aliphatic heterocycles. The molecule has 9 heteroatoms. The van der Waals surface area contributed by atoms with Crippen LogP contribution in [0.2, 0.25) is 5.02 Å². The van der Waals surface area contributed by atoms with E-state index in [4.69, 9.17) is 26.1 Å². The first-order chi connectivity index (χ1) is 15.5. The first kappa shape index (κ1) is 25.7. The maximum atomic E-state index is 13.2. The molecule has 2 aromatic carbocycles. The van der Waals surface area contributed by atoms with Crippen molar-refractivity contribution in [1.82, 2.24) is 9.88 Å². The van der Waals surface area contributed by atoms with Crippen LogP contribution >= 0.6 is 35.3 Å². The lowest BCUT2D eigenvalue weighted by atomic mass is 10.2. The number of anilines is 1. The van der Waals surface area contributed by atoms with Gasteiger partial charge in [0.05, 0.1) is 23.4 Å². The highest BCUT2D eigenvalue weighted by Gasteiger charge is 2.22. The molecule has 1 aromatic heterocycles. The fourth-order valence-electron chi connectivity index (χ4n) is 3.74. The van der Waals surface area contributed by atoms with E-state index in [1.807, 2.05) is 50.2 Å². The molecule has 2 heterocycles. The fourth-order valence-corrected chi connectivity index (χ4v) is 4.96. The Bertz CT molecular complexity index is 1090. The highest BCUT2D eigenvalue weighted by atomic mass is 35.5. The number of thiazole rings is 1. The van der Waals surface area contributed by atoms with E-state index < -0.39 is 0 Å². The minimum Gasteiger partial charge on any atom is -0.484 e. The summed E-state index contributed by atoms with van der Waals surface area (Å²) in [6.07, 6.45) is 0.853. The Hall–Kier alpha value is -1.90. The van der Waals surface area contributed by atoms with Gasteiger partial charge in [-0.2, -0.15) is 0 Å². The van der Waals surface area contributed by atoms with E-state index in [1.165, 1.54) is 11.3 Å². The van der Waals surface area contributed by atoms with Crippen LogP contribution in [0.4, 0.5) is 5.13 Å². The number of aryl methyl sites for hydroxylation is 2. The predicted octanol–water partition coefficient (Wildman–Crippen LogP) is 5.12. The maximum Gasteiger partial charge on any atom is 0.266 e. The topological polar surface area (TPSA) is 54.9 Å². The Morgan fingerprint density at radius 2 is 2.03 bits per heavy atom. The number of carbonyl (C=O) groups excluding carboxylic acids is 1. The van der Waals surface area contributed by atoms with E-state index in [0.717, 1.165) is 60.6 Å². The number of aromatic nitrogens is 1. The zero-order valence-electron chi connectivity index (χ0n) is 18.9. The van der Waals surface area contributed by atoms with E-state index in [0.29, 0.717) is 22.4 Å². The Morgan fingerprint density at radius 1 is 1.24 bits per heavy atom. The largest absolute Gasteiger partial charge is 0.484 e. The Kier molecular flexibility index (Phi) is 9.35. The summed E-state index contributed by atoms with van der Waals surface area (Å²) in [4.78, 5) is 22.1.